The van der Waals surface area contributed by atoms with Crippen molar-refractivity contribution in [1.82, 2.24) is 9.80 Å². The molecule has 10 nitrogen and oxygen atoms in total. The van der Waals surface area contributed by atoms with E-state index in [1.807, 2.05) is 0 Å². The molecule has 4 rings (SSSR count). The monoisotopic (exact) mass is 497 g/mol. The zero-order chi connectivity index (χ0) is 25.5. The first-order valence-corrected chi connectivity index (χ1v) is 11.8. The maximum absolute atomic E-state index is 12.6. The number of nitrogens with zero attached hydrogens (tertiary/aromatic N) is 2. The summed E-state index contributed by atoms with van der Waals surface area (Å²) in [4.78, 5) is 29.1. The Hall–Kier alpha value is -3.60. The molecule has 0 atom stereocenters. The molecule has 2 aliphatic rings. The molecule has 1 fully saturated rings. The van der Waals surface area contributed by atoms with E-state index in [1.54, 1.807) is 61.6 Å². The van der Waals surface area contributed by atoms with Gasteiger partial charge < -0.3 is 34.3 Å². The number of hydrogen-bond donors (Lipinski definition) is 2. The number of piperazine rings is 1. The summed E-state index contributed by atoms with van der Waals surface area (Å²) < 4.78 is 21.5. The van der Waals surface area contributed by atoms with Gasteiger partial charge in [0.2, 0.25) is 0 Å². The number of benzene rings is 2. The van der Waals surface area contributed by atoms with Crippen LogP contribution in [0.2, 0.25) is 0 Å². The summed E-state index contributed by atoms with van der Waals surface area (Å²) in [6.07, 6.45) is 1.39. The number of carbonyl (C=O) groups excluding carboxylic acids is 2. The van der Waals surface area contributed by atoms with E-state index in [4.69, 9.17) is 24.1 Å². The summed E-state index contributed by atoms with van der Waals surface area (Å²) >= 11 is 0. The molecule has 192 valence electrons. The molecule has 0 radical (unpaired) electrons. The third-order valence-electron chi connectivity index (χ3n) is 6.12. The molecule has 2 N–H and O–H groups in total. The van der Waals surface area contributed by atoms with Gasteiger partial charge in [0.1, 0.15) is 5.75 Å². The van der Waals surface area contributed by atoms with Gasteiger partial charge in [0.05, 0.1) is 39.7 Å². The molecule has 2 aliphatic heterocycles. The minimum absolute atomic E-state index is 0.0200. The van der Waals surface area contributed by atoms with Crippen molar-refractivity contribution >= 4 is 29.3 Å². The zero-order valence-electron chi connectivity index (χ0n) is 20.5. The number of aliphatic hydroxyl groups excluding tert-OH is 1. The number of rotatable bonds is 9. The molecule has 2 amide bonds. The van der Waals surface area contributed by atoms with Crippen LogP contribution in [0.25, 0.3) is 11.6 Å². The minimum Gasteiger partial charge on any atom is -0.493 e. The Morgan fingerprint density at radius 3 is 2.39 bits per heavy atom. The number of fused-ring (bicyclic) bond motifs is 1. The summed E-state index contributed by atoms with van der Waals surface area (Å²) in [5, 5.41) is 11.6. The summed E-state index contributed by atoms with van der Waals surface area (Å²) in [5.41, 5.74) is 2.69. The fraction of sp³-hybridized carbons (Fsp3) is 0.385. The van der Waals surface area contributed by atoms with Crippen molar-refractivity contribution in [3.05, 3.63) is 47.5 Å². The van der Waals surface area contributed by atoms with E-state index in [0.29, 0.717) is 54.8 Å². The van der Waals surface area contributed by atoms with E-state index in [1.165, 1.54) is 0 Å². The van der Waals surface area contributed by atoms with Crippen molar-refractivity contribution in [3.8, 4) is 17.2 Å². The normalized spacial score (nSPS) is 16.6. The fourth-order valence-corrected chi connectivity index (χ4v) is 4.14. The van der Waals surface area contributed by atoms with Gasteiger partial charge in [0, 0.05) is 49.9 Å². The van der Waals surface area contributed by atoms with Crippen LogP contribution in [-0.2, 0) is 9.53 Å². The molecule has 1 saturated heterocycles. The van der Waals surface area contributed by atoms with Gasteiger partial charge in [-0.2, -0.15) is 0 Å². The number of amides is 2. The number of aliphatic hydroxyl groups is 1. The number of carbonyl (C=O) groups is 2. The van der Waals surface area contributed by atoms with Crippen LogP contribution in [0.5, 0.6) is 17.2 Å². The fourth-order valence-electron chi connectivity index (χ4n) is 4.14. The van der Waals surface area contributed by atoms with Crippen LogP contribution in [0.1, 0.15) is 11.1 Å². The Morgan fingerprint density at radius 2 is 1.72 bits per heavy atom. The van der Waals surface area contributed by atoms with E-state index in [0.717, 1.165) is 30.8 Å². The second kappa shape index (κ2) is 11.9. The predicted octanol–water partition coefficient (Wildman–Crippen LogP) is 2.32. The van der Waals surface area contributed by atoms with Crippen LogP contribution >= 0.6 is 0 Å². The maximum atomic E-state index is 12.6. The lowest BCUT2D eigenvalue weighted by atomic mass is 10.0. The second-order valence-electron chi connectivity index (χ2n) is 8.37. The highest BCUT2D eigenvalue weighted by Crippen LogP contribution is 2.41. The average molecular weight is 498 g/mol. The molecule has 2 aromatic rings. The summed E-state index contributed by atoms with van der Waals surface area (Å²) in [6.45, 7) is 4.32. The van der Waals surface area contributed by atoms with Crippen LogP contribution in [-0.4, -0.2) is 93.7 Å². The van der Waals surface area contributed by atoms with Gasteiger partial charge in [-0.15, -0.1) is 0 Å². The number of methoxy groups -OCH3 is 2. The van der Waals surface area contributed by atoms with Gasteiger partial charge in [-0.3, -0.25) is 9.69 Å². The lowest BCUT2D eigenvalue weighted by Crippen LogP contribution is -2.50. The first-order chi connectivity index (χ1) is 17.5. The Kier molecular flexibility index (Phi) is 8.42. The first-order valence-electron chi connectivity index (χ1n) is 11.8. The quantitative estimate of drug-likeness (QED) is 0.401. The topological polar surface area (TPSA) is 110 Å². The van der Waals surface area contributed by atoms with E-state index in [9.17, 15) is 9.59 Å². The van der Waals surface area contributed by atoms with Gasteiger partial charge in [0.25, 0.3) is 5.91 Å². The molecule has 0 spiro atoms. The summed E-state index contributed by atoms with van der Waals surface area (Å²) in [6, 6.07) is 10.5. The predicted molar refractivity (Wildman–Crippen MR) is 134 cm³/mol. The molecule has 0 saturated carbocycles. The van der Waals surface area contributed by atoms with Gasteiger partial charge in [-0.05, 0) is 29.8 Å². The third kappa shape index (κ3) is 5.96. The Labute approximate surface area is 210 Å². The number of anilines is 1. The van der Waals surface area contributed by atoms with E-state index in [2.05, 4.69) is 10.2 Å². The van der Waals surface area contributed by atoms with Gasteiger partial charge in [0.15, 0.2) is 11.5 Å². The van der Waals surface area contributed by atoms with Crippen LogP contribution in [0, 0.1) is 0 Å². The molecular formula is C26H31N3O7. The van der Waals surface area contributed by atoms with E-state index < -0.39 is 0 Å². The van der Waals surface area contributed by atoms with E-state index in [-0.39, 0.29) is 18.6 Å². The molecule has 0 aliphatic carbocycles. The van der Waals surface area contributed by atoms with E-state index >= 15 is 0 Å². The summed E-state index contributed by atoms with van der Waals surface area (Å²) in [5.74, 6) is 1.30. The lowest BCUT2D eigenvalue weighted by Gasteiger charge is -2.33. The van der Waals surface area contributed by atoms with Gasteiger partial charge >= 0.3 is 6.09 Å². The summed E-state index contributed by atoms with van der Waals surface area (Å²) in [7, 11) is 3.10. The van der Waals surface area contributed by atoms with Crippen molar-refractivity contribution in [2.24, 2.45) is 0 Å². The van der Waals surface area contributed by atoms with Crippen LogP contribution in [0.4, 0.5) is 10.5 Å². The van der Waals surface area contributed by atoms with Crippen molar-refractivity contribution in [3.63, 3.8) is 0 Å². The van der Waals surface area contributed by atoms with Crippen LogP contribution < -0.4 is 19.5 Å². The number of nitrogens with one attached hydrogen (secondary N) is 1. The van der Waals surface area contributed by atoms with Crippen molar-refractivity contribution in [2.45, 2.75) is 0 Å². The van der Waals surface area contributed by atoms with Crippen molar-refractivity contribution < 1.29 is 33.6 Å². The molecule has 2 heterocycles. The third-order valence-corrected chi connectivity index (χ3v) is 6.12. The van der Waals surface area contributed by atoms with Crippen LogP contribution in [0.15, 0.2) is 36.4 Å². The van der Waals surface area contributed by atoms with Crippen LogP contribution in [0.3, 0.4) is 0 Å². The number of hydrogen-bond acceptors (Lipinski definition) is 8. The second-order valence-corrected chi connectivity index (χ2v) is 8.37. The SMILES string of the molecule is COc1cc2c(cc1OC)/C(=C\c1ccc(OC(=O)N3CCN(CCOCCO)CC3)cc1)C(=O)N2. The molecule has 0 bridgehead atoms. The molecule has 0 unspecified atom stereocenters. The smallest absolute Gasteiger partial charge is 0.415 e. The van der Waals surface area contributed by atoms with Gasteiger partial charge in [-0.25, -0.2) is 4.79 Å². The average Bonchev–Trinajstić information content (AvgIpc) is 3.20. The molecule has 36 heavy (non-hydrogen) atoms. The Bertz CT molecular complexity index is 1110. The molecule has 0 aromatic heterocycles. The largest absolute Gasteiger partial charge is 0.493 e. The minimum atomic E-state index is -0.387. The Morgan fingerprint density at radius 1 is 1.03 bits per heavy atom. The van der Waals surface area contributed by atoms with Crippen molar-refractivity contribution in [1.29, 1.82) is 0 Å². The lowest BCUT2D eigenvalue weighted by molar-refractivity contribution is -0.110. The van der Waals surface area contributed by atoms with Crippen molar-refractivity contribution in [2.75, 3.05) is 72.1 Å². The molecule has 10 heteroatoms. The maximum Gasteiger partial charge on any atom is 0.415 e. The first kappa shape index (κ1) is 25.5. The molecule has 2 aromatic carbocycles. The van der Waals surface area contributed by atoms with Gasteiger partial charge in [-0.1, -0.05) is 12.1 Å². The number of ether oxygens (including phenoxy) is 4. The molecular weight excluding hydrogens is 466 g/mol. The standard InChI is InChI=1S/C26H31N3O7/c1-33-23-16-20-21(25(31)27-22(20)17-24(23)34-2)15-18-3-5-19(6-4-18)36-26(32)29-9-7-28(8-10-29)11-13-35-14-12-30/h3-6,15-17,30H,7-14H2,1-2H3,(H,27,31)/b21-15+. The Balaban J connectivity index is 1.35. The highest BCUT2D eigenvalue weighted by Gasteiger charge is 2.27. The highest BCUT2D eigenvalue weighted by molar-refractivity contribution is 6.35. The zero-order valence-corrected chi connectivity index (χ0v) is 20.5. The highest BCUT2D eigenvalue weighted by atomic mass is 16.6.